The molecule has 4 nitrogen and oxygen atoms in total. The van der Waals surface area contributed by atoms with Gasteiger partial charge in [0.25, 0.3) is 5.56 Å². The van der Waals surface area contributed by atoms with Gasteiger partial charge in [-0.3, -0.25) is 9.36 Å². The van der Waals surface area contributed by atoms with Crippen LogP contribution in [0.15, 0.2) is 40.5 Å². The molecule has 0 fully saturated rings. The number of hydrogen-bond donors (Lipinski definition) is 0. The molecular formula is C16H13N3OS. The molecule has 0 aliphatic rings. The van der Waals surface area contributed by atoms with E-state index in [4.69, 9.17) is 5.26 Å². The van der Waals surface area contributed by atoms with Crippen LogP contribution in [0.5, 0.6) is 0 Å². The normalized spacial score (nSPS) is 10.7. The van der Waals surface area contributed by atoms with Crippen LogP contribution in [0.4, 0.5) is 0 Å². The molecule has 5 heteroatoms. The molecule has 3 aromatic rings. The summed E-state index contributed by atoms with van der Waals surface area (Å²) in [7, 11) is 0. The highest BCUT2D eigenvalue weighted by molar-refractivity contribution is 7.17. The van der Waals surface area contributed by atoms with Crippen LogP contribution in [-0.2, 0) is 13.0 Å². The average Bonchev–Trinajstić information content (AvgIpc) is 2.95. The topological polar surface area (TPSA) is 58.7 Å². The molecule has 0 bridgehead atoms. The third-order valence-corrected chi connectivity index (χ3v) is 4.27. The van der Waals surface area contributed by atoms with Crippen molar-refractivity contribution < 1.29 is 0 Å². The fourth-order valence-corrected chi connectivity index (χ4v) is 3.36. The molecule has 0 radical (unpaired) electrons. The van der Waals surface area contributed by atoms with Gasteiger partial charge in [0, 0.05) is 17.4 Å². The molecule has 0 amide bonds. The van der Waals surface area contributed by atoms with Gasteiger partial charge in [0.2, 0.25) is 0 Å². The highest BCUT2D eigenvalue weighted by Crippen LogP contribution is 2.30. The van der Waals surface area contributed by atoms with E-state index in [0.29, 0.717) is 17.6 Å². The SMILES string of the molecule is CCc1nc2scc(-c3ccccc3)c2c(=O)n1CC#N. The molecular weight excluding hydrogens is 282 g/mol. The third kappa shape index (κ3) is 2.24. The minimum atomic E-state index is -0.126. The summed E-state index contributed by atoms with van der Waals surface area (Å²) >= 11 is 1.47. The van der Waals surface area contributed by atoms with Gasteiger partial charge in [0.05, 0.1) is 11.5 Å². The predicted octanol–water partition coefficient (Wildman–Crippen LogP) is 3.21. The fraction of sp³-hybridized carbons (Fsp3) is 0.188. The molecule has 2 heterocycles. The lowest BCUT2D eigenvalue weighted by molar-refractivity contribution is 0.707. The number of aryl methyl sites for hydroxylation is 1. The van der Waals surface area contributed by atoms with Crippen molar-refractivity contribution in [1.29, 1.82) is 5.26 Å². The first-order valence-electron chi connectivity index (χ1n) is 6.69. The monoisotopic (exact) mass is 295 g/mol. The van der Waals surface area contributed by atoms with E-state index in [1.54, 1.807) is 0 Å². The molecule has 0 spiro atoms. The van der Waals surface area contributed by atoms with Crippen molar-refractivity contribution >= 4 is 21.6 Å². The Hall–Kier alpha value is -2.45. The largest absolute Gasteiger partial charge is 0.282 e. The summed E-state index contributed by atoms with van der Waals surface area (Å²) in [5.41, 5.74) is 1.76. The van der Waals surface area contributed by atoms with Crippen LogP contribution in [0.25, 0.3) is 21.3 Å². The zero-order valence-electron chi connectivity index (χ0n) is 11.5. The molecule has 0 aliphatic carbocycles. The smallest absolute Gasteiger partial charge is 0.263 e. The Bertz CT molecular complexity index is 888. The molecule has 0 saturated carbocycles. The summed E-state index contributed by atoms with van der Waals surface area (Å²) < 4.78 is 1.47. The van der Waals surface area contributed by atoms with Gasteiger partial charge in [-0.05, 0) is 5.56 Å². The van der Waals surface area contributed by atoms with Crippen molar-refractivity contribution in [2.45, 2.75) is 19.9 Å². The highest BCUT2D eigenvalue weighted by atomic mass is 32.1. The fourth-order valence-electron chi connectivity index (χ4n) is 2.40. The van der Waals surface area contributed by atoms with E-state index >= 15 is 0 Å². The molecule has 0 saturated heterocycles. The summed E-state index contributed by atoms with van der Waals surface area (Å²) in [4.78, 5) is 18.0. The maximum absolute atomic E-state index is 12.7. The second-order valence-electron chi connectivity index (χ2n) is 4.63. The minimum Gasteiger partial charge on any atom is -0.282 e. The highest BCUT2D eigenvalue weighted by Gasteiger charge is 2.15. The molecule has 0 N–H and O–H groups in total. The van der Waals surface area contributed by atoms with Crippen molar-refractivity contribution in [1.82, 2.24) is 9.55 Å². The standard InChI is InChI=1S/C16H13N3OS/c1-2-13-18-15-14(16(20)19(13)9-8-17)12(10-21-15)11-6-4-3-5-7-11/h3-7,10H,2,9H2,1H3. The molecule has 0 atom stereocenters. The Morgan fingerprint density at radius 3 is 2.76 bits per heavy atom. The van der Waals surface area contributed by atoms with Gasteiger partial charge in [0.1, 0.15) is 17.2 Å². The number of benzene rings is 1. The van der Waals surface area contributed by atoms with E-state index in [-0.39, 0.29) is 12.1 Å². The van der Waals surface area contributed by atoms with Crippen LogP contribution in [0, 0.1) is 11.3 Å². The number of aromatic nitrogens is 2. The number of hydrogen-bond acceptors (Lipinski definition) is 4. The Kier molecular flexibility index (Phi) is 3.55. The van der Waals surface area contributed by atoms with Crippen molar-refractivity contribution in [3.8, 4) is 17.2 Å². The molecule has 21 heavy (non-hydrogen) atoms. The van der Waals surface area contributed by atoms with Gasteiger partial charge in [-0.25, -0.2) is 4.98 Å². The molecule has 0 aliphatic heterocycles. The first kappa shape index (κ1) is 13.5. The van der Waals surface area contributed by atoms with E-state index in [2.05, 4.69) is 4.98 Å². The molecule has 104 valence electrons. The zero-order valence-corrected chi connectivity index (χ0v) is 12.4. The van der Waals surface area contributed by atoms with Crippen LogP contribution >= 0.6 is 11.3 Å². The van der Waals surface area contributed by atoms with Gasteiger partial charge in [-0.1, -0.05) is 37.3 Å². The number of nitrogens with zero attached hydrogens (tertiary/aromatic N) is 3. The van der Waals surface area contributed by atoms with E-state index in [1.807, 2.05) is 48.7 Å². The van der Waals surface area contributed by atoms with Crippen LogP contribution in [-0.4, -0.2) is 9.55 Å². The van der Waals surface area contributed by atoms with Gasteiger partial charge < -0.3 is 0 Å². The molecule has 2 aromatic heterocycles. The van der Waals surface area contributed by atoms with Gasteiger partial charge in [0.15, 0.2) is 0 Å². The van der Waals surface area contributed by atoms with Gasteiger partial charge in [-0.2, -0.15) is 5.26 Å². The van der Waals surface area contributed by atoms with Gasteiger partial charge in [-0.15, -0.1) is 11.3 Å². The predicted molar refractivity (Wildman–Crippen MR) is 84.3 cm³/mol. The van der Waals surface area contributed by atoms with E-state index in [9.17, 15) is 4.79 Å². The number of fused-ring (bicyclic) bond motifs is 1. The summed E-state index contributed by atoms with van der Waals surface area (Å²) in [6, 6.07) is 11.8. The zero-order chi connectivity index (χ0) is 14.8. The summed E-state index contributed by atoms with van der Waals surface area (Å²) in [5.74, 6) is 0.663. The van der Waals surface area contributed by atoms with E-state index in [1.165, 1.54) is 15.9 Å². The van der Waals surface area contributed by atoms with Crippen molar-refractivity contribution in [3.05, 3.63) is 51.9 Å². The first-order chi connectivity index (χ1) is 10.3. The lowest BCUT2D eigenvalue weighted by Gasteiger charge is -2.08. The Balaban J connectivity index is 2.34. The second kappa shape index (κ2) is 5.51. The summed E-state index contributed by atoms with van der Waals surface area (Å²) in [6.45, 7) is 1.97. The molecule has 0 unspecified atom stereocenters. The third-order valence-electron chi connectivity index (χ3n) is 3.40. The molecule has 3 rings (SSSR count). The Morgan fingerprint density at radius 2 is 2.10 bits per heavy atom. The summed E-state index contributed by atoms with van der Waals surface area (Å²) in [6.07, 6.45) is 0.630. The second-order valence-corrected chi connectivity index (χ2v) is 5.48. The van der Waals surface area contributed by atoms with Crippen molar-refractivity contribution in [3.63, 3.8) is 0 Å². The molecule has 1 aromatic carbocycles. The Labute approximate surface area is 125 Å². The van der Waals surface area contributed by atoms with E-state index < -0.39 is 0 Å². The van der Waals surface area contributed by atoms with Crippen LogP contribution in [0.3, 0.4) is 0 Å². The Morgan fingerprint density at radius 1 is 1.33 bits per heavy atom. The van der Waals surface area contributed by atoms with Crippen molar-refractivity contribution in [2.24, 2.45) is 0 Å². The average molecular weight is 295 g/mol. The number of nitriles is 1. The van der Waals surface area contributed by atoms with E-state index in [0.717, 1.165) is 16.0 Å². The maximum atomic E-state index is 12.7. The first-order valence-corrected chi connectivity index (χ1v) is 7.57. The number of thiophene rings is 1. The van der Waals surface area contributed by atoms with Crippen molar-refractivity contribution in [2.75, 3.05) is 0 Å². The quantitative estimate of drug-likeness (QED) is 0.745. The lowest BCUT2D eigenvalue weighted by Crippen LogP contribution is -2.24. The number of rotatable bonds is 3. The van der Waals surface area contributed by atoms with Crippen LogP contribution < -0.4 is 5.56 Å². The van der Waals surface area contributed by atoms with Gasteiger partial charge >= 0.3 is 0 Å². The lowest BCUT2D eigenvalue weighted by atomic mass is 10.1. The maximum Gasteiger partial charge on any atom is 0.263 e. The minimum absolute atomic E-state index is 0.0367. The van der Waals surface area contributed by atoms with Crippen LogP contribution in [0.2, 0.25) is 0 Å². The summed E-state index contributed by atoms with van der Waals surface area (Å²) in [5, 5.41) is 11.5. The van der Waals surface area contributed by atoms with Crippen LogP contribution in [0.1, 0.15) is 12.7 Å².